The van der Waals surface area contributed by atoms with Gasteiger partial charge in [-0.1, -0.05) is 17.7 Å². The van der Waals surface area contributed by atoms with Gasteiger partial charge in [0.05, 0.1) is 14.0 Å². The second-order valence-electron chi connectivity index (χ2n) is 3.89. The van der Waals surface area contributed by atoms with Crippen LogP contribution in [0.4, 0.5) is 4.39 Å². The van der Waals surface area contributed by atoms with Gasteiger partial charge in [0.15, 0.2) is 12.4 Å². The molecule has 2 aromatic carbocycles. The lowest BCUT2D eigenvalue weighted by molar-refractivity contribution is 0.0920. The summed E-state index contributed by atoms with van der Waals surface area (Å²) in [5.74, 6) is -0.432. The molecular weight excluding hydrogens is 414 g/mol. The Morgan fingerprint density at radius 1 is 1.20 bits per heavy atom. The van der Waals surface area contributed by atoms with Crippen molar-refractivity contribution < 1.29 is 13.9 Å². The number of carbonyl (C=O) groups is 1. The highest BCUT2D eigenvalue weighted by Gasteiger charge is 2.12. The van der Waals surface area contributed by atoms with E-state index in [0.717, 1.165) is 15.0 Å². The third-order valence-corrected chi connectivity index (χ3v) is 4.06. The van der Waals surface area contributed by atoms with E-state index in [1.165, 1.54) is 12.1 Å². The van der Waals surface area contributed by atoms with Gasteiger partial charge in [0.2, 0.25) is 0 Å². The molecule has 0 saturated heterocycles. The van der Waals surface area contributed by atoms with Gasteiger partial charge in [-0.2, -0.15) is 0 Å². The second-order valence-corrected chi connectivity index (χ2v) is 6.01. The van der Waals surface area contributed by atoms with Crippen molar-refractivity contribution in [3.05, 3.63) is 61.7 Å². The van der Waals surface area contributed by atoms with Gasteiger partial charge in [-0.25, -0.2) is 4.39 Å². The van der Waals surface area contributed by atoms with E-state index < -0.39 is 5.82 Å². The topological polar surface area (TPSA) is 26.3 Å². The Morgan fingerprint density at radius 3 is 2.45 bits per heavy atom. The molecule has 0 atom stereocenters. The quantitative estimate of drug-likeness (QED) is 0.628. The van der Waals surface area contributed by atoms with Crippen molar-refractivity contribution in [2.75, 3.05) is 6.61 Å². The fraction of sp³-hybridized carbons (Fsp3) is 0.0714. The summed E-state index contributed by atoms with van der Waals surface area (Å²) in [5.41, 5.74) is 0.218. The van der Waals surface area contributed by atoms with Crippen LogP contribution in [0.1, 0.15) is 10.4 Å². The molecule has 0 radical (unpaired) electrons. The van der Waals surface area contributed by atoms with Crippen LogP contribution in [0.5, 0.6) is 5.75 Å². The van der Waals surface area contributed by atoms with Crippen molar-refractivity contribution in [3.63, 3.8) is 0 Å². The standard InChI is InChI=1S/C14H8Br2ClFO2/c15-9-2-1-3-10(16)14(9)20-7-13(19)8-4-5-11(17)12(18)6-8/h1-6H,7H2. The molecule has 0 spiro atoms. The molecule has 0 amide bonds. The van der Waals surface area contributed by atoms with Crippen LogP contribution in [0.25, 0.3) is 0 Å². The van der Waals surface area contributed by atoms with E-state index >= 15 is 0 Å². The lowest BCUT2D eigenvalue weighted by Gasteiger charge is -2.09. The van der Waals surface area contributed by atoms with Crippen molar-refractivity contribution in [2.45, 2.75) is 0 Å². The summed E-state index contributed by atoms with van der Waals surface area (Å²) in [6, 6.07) is 9.34. The molecule has 20 heavy (non-hydrogen) atoms. The van der Waals surface area contributed by atoms with E-state index in [-0.39, 0.29) is 23.0 Å². The molecule has 0 fully saturated rings. The highest BCUT2D eigenvalue weighted by atomic mass is 79.9. The Labute approximate surface area is 137 Å². The van der Waals surface area contributed by atoms with Crippen LogP contribution in [-0.2, 0) is 0 Å². The molecule has 0 aromatic heterocycles. The van der Waals surface area contributed by atoms with E-state index in [4.69, 9.17) is 16.3 Å². The van der Waals surface area contributed by atoms with Crippen LogP contribution in [-0.4, -0.2) is 12.4 Å². The molecular formula is C14H8Br2ClFO2. The number of rotatable bonds is 4. The first kappa shape index (κ1) is 15.5. The van der Waals surface area contributed by atoms with Gasteiger partial charge < -0.3 is 4.74 Å². The van der Waals surface area contributed by atoms with Crippen molar-refractivity contribution in [2.24, 2.45) is 0 Å². The van der Waals surface area contributed by atoms with Crippen molar-refractivity contribution in [1.82, 2.24) is 0 Å². The van der Waals surface area contributed by atoms with E-state index in [1.807, 2.05) is 6.07 Å². The first-order chi connectivity index (χ1) is 9.49. The van der Waals surface area contributed by atoms with Crippen LogP contribution in [0.15, 0.2) is 45.3 Å². The summed E-state index contributed by atoms with van der Waals surface area (Å²) in [5, 5.41) is -0.0176. The van der Waals surface area contributed by atoms with E-state index in [0.29, 0.717) is 5.75 Å². The Kier molecular flexibility index (Phi) is 5.18. The number of hydrogen-bond donors (Lipinski definition) is 0. The van der Waals surface area contributed by atoms with Gasteiger partial charge in [-0.05, 0) is 62.2 Å². The fourth-order valence-corrected chi connectivity index (χ4v) is 2.86. The van der Waals surface area contributed by atoms with Gasteiger partial charge in [-0.3, -0.25) is 4.79 Å². The predicted molar refractivity (Wildman–Crippen MR) is 83.1 cm³/mol. The van der Waals surface area contributed by atoms with Crippen LogP contribution < -0.4 is 4.74 Å². The molecule has 0 N–H and O–H groups in total. The predicted octanol–water partition coefficient (Wildman–Crippen LogP) is 5.27. The average Bonchev–Trinajstić information content (AvgIpc) is 2.41. The van der Waals surface area contributed by atoms with E-state index in [1.54, 1.807) is 12.1 Å². The molecule has 2 aromatic rings. The van der Waals surface area contributed by atoms with Crippen molar-refractivity contribution >= 4 is 49.2 Å². The number of hydrogen-bond acceptors (Lipinski definition) is 2. The fourth-order valence-electron chi connectivity index (χ4n) is 1.51. The highest BCUT2D eigenvalue weighted by molar-refractivity contribution is 9.11. The number of ketones is 1. The van der Waals surface area contributed by atoms with Gasteiger partial charge in [0.1, 0.15) is 11.6 Å². The molecule has 0 aliphatic carbocycles. The smallest absolute Gasteiger partial charge is 0.200 e. The highest BCUT2D eigenvalue weighted by Crippen LogP contribution is 2.33. The number of benzene rings is 2. The number of para-hydroxylation sites is 1. The molecule has 6 heteroatoms. The van der Waals surface area contributed by atoms with Gasteiger partial charge in [-0.15, -0.1) is 0 Å². The Hall–Kier alpha value is -0.910. The number of ether oxygens (including phenoxy) is 1. The summed E-state index contributed by atoms with van der Waals surface area (Å²) in [4.78, 5) is 11.9. The maximum atomic E-state index is 13.3. The molecule has 104 valence electrons. The summed E-state index contributed by atoms with van der Waals surface area (Å²) < 4.78 is 20.2. The summed E-state index contributed by atoms with van der Waals surface area (Å²) in [6.45, 7) is -0.192. The molecule has 0 unspecified atom stereocenters. The maximum Gasteiger partial charge on any atom is 0.200 e. The summed E-state index contributed by atoms with van der Waals surface area (Å²) in [6.07, 6.45) is 0. The monoisotopic (exact) mass is 420 g/mol. The third kappa shape index (κ3) is 3.59. The molecule has 2 rings (SSSR count). The Morgan fingerprint density at radius 2 is 1.85 bits per heavy atom. The molecule has 0 aliphatic rings. The molecule has 0 heterocycles. The lowest BCUT2D eigenvalue weighted by atomic mass is 10.1. The normalized spacial score (nSPS) is 10.4. The van der Waals surface area contributed by atoms with Crippen molar-refractivity contribution in [1.29, 1.82) is 0 Å². The molecule has 0 bridgehead atoms. The Bertz CT molecular complexity index is 641. The lowest BCUT2D eigenvalue weighted by Crippen LogP contribution is -2.12. The first-order valence-corrected chi connectivity index (χ1v) is 7.50. The number of carbonyl (C=O) groups excluding carboxylic acids is 1. The number of halogens is 4. The van der Waals surface area contributed by atoms with Crippen LogP contribution >= 0.6 is 43.5 Å². The van der Waals surface area contributed by atoms with E-state index in [9.17, 15) is 9.18 Å². The zero-order chi connectivity index (χ0) is 14.7. The molecule has 0 saturated carbocycles. The SMILES string of the molecule is O=C(COc1c(Br)cccc1Br)c1ccc(Cl)c(F)c1. The third-order valence-electron chi connectivity index (χ3n) is 2.51. The average molecular weight is 422 g/mol. The molecule has 2 nitrogen and oxygen atoms in total. The maximum absolute atomic E-state index is 13.3. The largest absolute Gasteiger partial charge is 0.483 e. The van der Waals surface area contributed by atoms with Crippen LogP contribution in [0.3, 0.4) is 0 Å². The van der Waals surface area contributed by atoms with Crippen LogP contribution in [0.2, 0.25) is 5.02 Å². The van der Waals surface area contributed by atoms with Crippen molar-refractivity contribution in [3.8, 4) is 5.75 Å². The second kappa shape index (κ2) is 6.70. The number of Topliss-reactive ketones (excluding diaryl/α,β-unsaturated/α-hetero) is 1. The van der Waals surface area contributed by atoms with Crippen LogP contribution in [0, 0.1) is 5.82 Å². The Balaban J connectivity index is 2.11. The minimum absolute atomic E-state index is 0.0176. The minimum atomic E-state index is -0.625. The minimum Gasteiger partial charge on any atom is -0.483 e. The molecule has 0 aliphatic heterocycles. The zero-order valence-corrected chi connectivity index (χ0v) is 13.9. The summed E-state index contributed by atoms with van der Waals surface area (Å²) in [7, 11) is 0. The van der Waals surface area contributed by atoms with E-state index in [2.05, 4.69) is 31.9 Å². The van der Waals surface area contributed by atoms with Gasteiger partial charge in [0, 0.05) is 5.56 Å². The first-order valence-electron chi connectivity index (χ1n) is 5.54. The zero-order valence-electron chi connectivity index (χ0n) is 10.00. The van der Waals surface area contributed by atoms with Gasteiger partial charge in [0.25, 0.3) is 0 Å². The summed E-state index contributed by atoms with van der Waals surface area (Å²) >= 11 is 12.2. The van der Waals surface area contributed by atoms with Gasteiger partial charge >= 0.3 is 0 Å².